The second-order valence-electron chi connectivity index (χ2n) is 17.1. The lowest BCUT2D eigenvalue weighted by molar-refractivity contribution is -0.273. The quantitative estimate of drug-likeness (QED) is 0.119. The number of aromatic hydroxyl groups is 1. The van der Waals surface area contributed by atoms with Gasteiger partial charge in [-0.25, -0.2) is 0 Å². The summed E-state index contributed by atoms with van der Waals surface area (Å²) in [4.78, 5) is 44.7. The summed E-state index contributed by atoms with van der Waals surface area (Å²) in [6.07, 6.45) is 14.9. The van der Waals surface area contributed by atoms with Gasteiger partial charge in [-0.3, -0.25) is 14.4 Å². The number of carbonyl (C=O) groups is 3. The van der Waals surface area contributed by atoms with E-state index in [1.807, 2.05) is 71.6 Å². The number of benzene rings is 1. The number of phenols is 1. The standard InChI is InChI=1S/C45H60N2O7/c1-11-46-22-23-47(12-2)41(51)29(7)17-21-44-26-31-24-30(40(44)50)25-34-37(49)35-36(48)32-18-20-43(10,19-13-14-27(3)4)52-38(32)33(16-15-28(5)6)39(35)53-45(31,34)42(8,9)54-44/h14-15,17-18,20,25,30-31,46,48H,11-13,16,19,21-24,26H2,1-10H3/b29-17-. The lowest BCUT2D eigenvalue weighted by atomic mass is 9.51. The minimum atomic E-state index is -1.21. The number of nitrogens with one attached hydrogen (secondary N) is 1. The molecule has 5 unspecified atom stereocenters. The molecule has 2 fully saturated rings. The van der Waals surface area contributed by atoms with Gasteiger partial charge in [0, 0.05) is 54.6 Å². The maximum atomic E-state index is 14.9. The van der Waals surface area contributed by atoms with Crippen LogP contribution >= 0.6 is 0 Å². The van der Waals surface area contributed by atoms with Gasteiger partial charge in [-0.05, 0) is 113 Å². The molecule has 292 valence electrons. The van der Waals surface area contributed by atoms with E-state index in [0.29, 0.717) is 72.7 Å². The molecule has 1 spiro atoms. The molecule has 5 aliphatic rings. The first kappa shape index (κ1) is 39.7. The zero-order chi connectivity index (χ0) is 39.4. The zero-order valence-electron chi connectivity index (χ0n) is 34.0. The highest BCUT2D eigenvalue weighted by molar-refractivity contribution is 6.17. The Labute approximate surface area is 321 Å². The molecule has 54 heavy (non-hydrogen) atoms. The van der Waals surface area contributed by atoms with E-state index in [0.717, 1.165) is 25.0 Å². The maximum Gasteiger partial charge on any atom is 0.249 e. The van der Waals surface area contributed by atoms with Crippen molar-refractivity contribution in [2.75, 3.05) is 26.2 Å². The Hall–Kier alpha value is -3.95. The molecule has 1 saturated heterocycles. The van der Waals surface area contributed by atoms with Gasteiger partial charge in [0.05, 0.1) is 5.56 Å². The van der Waals surface area contributed by atoms with Crippen molar-refractivity contribution < 1.29 is 33.7 Å². The van der Waals surface area contributed by atoms with Crippen LogP contribution in [0.25, 0.3) is 6.08 Å². The molecule has 3 heterocycles. The Balaban J connectivity index is 1.42. The van der Waals surface area contributed by atoms with Crippen molar-refractivity contribution in [3.8, 4) is 17.2 Å². The average Bonchev–Trinajstić information content (AvgIpc) is 3.10. The van der Waals surface area contributed by atoms with Crippen LogP contribution in [0.3, 0.4) is 0 Å². The third kappa shape index (κ3) is 6.59. The van der Waals surface area contributed by atoms with Gasteiger partial charge in [-0.2, -0.15) is 0 Å². The van der Waals surface area contributed by atoms with Gasteiger partial charge in [-0.15, -0.1) is 0 Å². The van der Waals surface area contributed by atoms with E-state index in [9.17, 15) is 19.5 Å². The molecule has 0 aromatic heterocycles. The van der Waals surface area contributed by atoms with E-state index in [-0.39, 0.29) is 41.1 Å². The molecule has 1 saturated carbocycles. The molecule has 9 heteroatoms. The summed E-state index contributed by atoms with van der Waals surface area (Å²) < 4.78 is 21.1. The fourth-order valence-electron chi connectivity index (χ4n) is 9.44. The summed E-state index contributed by atoms with van der Waals surface area (Å²) in [6.45, 7) is 22.6. The number of phenolic OH excluding ortho intramolecular Hbond substituents is 1. The van der Waals surface area contributed by atoms with E-state index >= 15 is 0 Å². The number of carbonyl (C=O) groups excluding carboxylic acids is 3. The number of Topliss-reactive ketones (excluding diaryl/α,β-unsaturated/α-hetero) is 2. The van der Waals surface area contributed by atoms with Gasteiger partial charge in [0.15, 0.2) is 17.2 Å². The summed E-state index contributed by atoms with van der Waals surface area (Å²) in [5.74, 6) is -0.587. The molecule has 9 nitrogen and oxygen atoms in total. The normalized spacial score (nSPS) is 28.6. The summed E-state index contributed by atoms with van der Waals surface area (Å²) in [5.41, 5.74) is 0.413. The van der Waals surface area contributed by atoms with E-state index < -0.39 is 28.3 Å². The number of allylic oxidation sites excluding steroid dienone is 5. The predicted octanol–water partition coefficient (Wildman–Crippen LogP) is 8.00. The van der Waals surface area contributed by atoms with Gasteiger partial charge in [0.25, 0.3) is 0 Å². The topological polar surface area (TPSA) is 114 Å². The first-order chi connectivity index (χ1) is 25.4. The zero-order valence-corrected chi connectivity index (χ0v) is 34.0. The Bertz CT molecular complexity index is 1890. The summed E-state index contributed by atoms with van der Waals surface area (Å²) in [7, 11) is 0. The highest BCUT2D eigenvalue weighted by atomic mass is 16.6. The molecule has 1 aromatic rings. The second-order valence-corrected chi connectivity index (χ2v) is 17.1. The number of rotatable bonds is 13. The van der Waals surface area contributed by atoms with Crippen molar-refractivity contribution in [3.05, 3.63) is 69.4 Å². The van der Waals surface area contributed by atoms with Crippen LogP contribution in [0.1, 0.15) is 123 Å². The number of ether oxygens (including phenoxy) is 3. The Morgan fingerprint density at radius 1 is 1.02 bits per heavy atom. The Kier molecular flexibility index (Phi) is 10.7. The first-order valence-corrected chi connectivity index (χ1v) is 19.9. The van der Waals surface area contributed by atoms with Crippen LogP contribution in [0.5, 0.6) is 17.2 Å². The highest BCUT2D eigenvalue weighted by Gasteiger charge is 2.72. The highest BCUT2D eigenvalue weighted by Crippen LogP contribution is 2.64. The molecule has 1 aromatic carbocycles. The van der Waals surface area contributed by atoms with Crippen molar-refractivity contribution in [1.82, 2.24) is 10.2 Å². The number of amides is 1. The molecule has 5 atom stereocenters. The van der Waals surface area contributed by atoms with Crippen molar-refractivity contribution in [1.29, 1.82) is 0 Å². The van der Waals surface area contributed by atoms with E-state index in [2.05, 4.69) is 31.3 Å². The molecule has 6 rings (SSSR count). The van der Waals surface area contributed by atoms with Crippen LogP contribution in [0, 0.1) is 11.8 Å². The molecular weight excluding hydrogens is 681 g/mol. The van der Waals surface area contributed by atoms with Crippen molar-refractivity contribution in [2.24, 2.45) is 11.8 Å². The Morgan fingerprint density at radius 2 is 1.74 bits per heavy atom. The van der Waals surface area contributed by atoms with Crippen LogP contribution in [-0.4, -0.2) is 76.1 Å². The van der Waals surface area contributed by atoms with Gasteiger partial charge in [0.1, 0.15) is 39.6 Å². The summed E-state index contributed by atoms with van der Waals surface area (Å²) >= 11 is 0. The monoisotopic (exact) mass is 740 g/mol. The molecule has 2 N–H and O–H groups in total. The summed E-state index contributed by atoms with van der Waals surface area (Å²) in [6, 6.07) is 0. The first-order valence-electron chi connectivity index (χ1n) is 19.9. The Morgan fingerprint density at radius 3 is 2.41 bits per heavy atom. The van der Waals surface area contributed by atoms with Gasteiger partial charge < -0.3 is 29.5 Å². The van der Waals surface area contributed by atoms with E-state index in [4.69, 9.17) is 14.2 Å². The number of hydrogen-bond donors (Lipinski definition) is 2. The number of ketones is 2. The molecule has 3 aliphatic heterocycles. The van der Waals surface area contributed by atoms with Crippen LogP contribution in [0.4, 0.5) is 0 Å². The average molecular weight is 741 g/mol. The third-order valence-corrected chi connectivity index (χ3v) is 12.2. The summed E-state index contributed by atoms with van der Waals surface area (Å²) in [5, 5.41) is 15.2. The lowest BCUT2D eigenvalue weighted by Gasteiger charge is -2.65. The van der Waals surface area contributed by atoms with Crippen LogP contribution in [0.2, 0.25) is 0 Å². The lowest BCUT2D eigenvalue weighted by Crippen LogP contribution is -2.76. The van der Waals surface area contributed by atoms with Crippen molar-refractivity contribution in [2.45, 2.75) is 130 Å². The number of hydrogen-bond acceptors (Lipinski definition) is 8. The number of fused-ring (bicyclic) bond motifs is 4. The number of likely N-dealkylation sites (N-methyl/N-ethyl adjacent to an activating group) is 2. The minimum Gasteiger partial charge on any atom is -0.506 e. The van der Waals surface area contributed by atoms with Crippen LogP contribution < -0.4 is 14.8 Å². The van der Waals surface area contributed by atoms with Crippen LogP contribution in [-0.2, 0) is 20.7 Å². The molecule has 2 aliphatic carbocycles. The largest absolute Gasteiger partial charge is 0.506 e. The van der Waals surface area contributed by atoms with Gasteiger partial charge in [0.2, 0.25) is 5.91 Å². The minimum absolute atomic E-state index is 0.0565. The molecule has 3 bridgehead atoms. The second kappa shape index (κ2) is 14.6. The molecular formula is C45H60N2O7. The third-order valence-electron chi connectivity index (χ3n) is 12.2. The fraction of sp³-hybridized carbons (Fsp3) is 0.578. The van der Waals surface area contributed by atoms with E-state index in [1.54, 1.807) is 13.0 Å². The predicted molar refractivity (Wildman–Crippen MR) is 212 cm³/mol. The molecule has 1 amide bonds. The smallest absolute Gasteiger partial charge is 0.249 e. The van der Waals surface area contributed by atoms with E-state index in [1.165, 1.54) is 5.57 Å². The SMILES string of the molecule is CCNCCN(CC)C(=O)/C(C)=C\CC12CC3CC(C=C4C(=O)c5c(O)c6c(c(CC=C(C)C)c5OC43C(C)(C)O1)OC(C)(CCC=C(C)C)C=C6)C2=O. The fourth-order valence-corrected chi connectivity index (χ4v) is 9.44. The maximum absolute atomic E-state index is 14.9. The molecule has 0 radical (unpaired) electrons. The van der Waals surface area contributed by atoms with Gasteiger partial charge in [-0.1, -0.05) is 42.4 Å². The van der Waals surface area contributed by atoms with Crippen molar-refractivity contribution >= 4 is 23.5 Å². The van der Waals surface area contributed by atoms with Crippen molar-refractivity contribution in [3.63, 3.8) is 0 Å². The van der Waals surface area contributed by atoms with Gasteiger partial charge >= 0.3 is 0 Å². The number of nitrogens with zero attached hydrogens (tertiary/aromatic N) is 1. The van der Waals surface area contributed by atoms with Crippen LogP contribution in [0.15, 0.2) is 52.7 Å².